The van der Waals surface area contributed by atoms with Gasteiger partial charge in [0.25, 0.3) is 11.6 Å². The van der Waals surface area contributed by atoms with E-state index in [0.29, 0.717) is 37.6 Å². The van der Waals surface area contributed by atoms with Gasteiger partial charge in [0, 0.05) is 38.4 Å². The maximum absolute atomic E-state index is 12.4. The van der Waals surface area contributed by atoms with Crippen LogP contribution in [-0.4, -0.2) is 46.9 Å². The Kier molecular flexibility index (Phi) is 4.18. The Labute approximate surface area is 133 Å². The number of para-hydroxylation sites is 2. The first-order valence-corrected chi connectivity index (χ1v) is 7.35. The van der Waals surface area contributed by atoms with Gasteiger partial charge in [0.15, 0.2) is 0 Å². The number of pyridine rings is 1. The van der Waals surface area contributed by atoms with Crippen LogP contribution in [0.2, 0.25) is 0 Å². The summed E-state index contributed by atoms with van der Waals surface area (Å²) in [5.74, 6) is -0.104. The van der Waals surface area contributed by atoms with Crippen molar-refractivity contribution in [3.05, 3.63) is 64.5 Å². The fraction of sp³-hybridized carbons (Fsp3) is 0.250. The average molecular weight is 312 g/mol. The second-order valence-electron chi connectivity index (χ2n) is 5.24. The lowest BCUT2D eigenvalue weighted by atomic mass is 10.2. The van der Waals surface area contributed by atoms with Gasteiger partial charge in [-0.05, 0) is 18.2 Å². The number of nitro groups is 1. The lowest BCUT2D eigenvalue weighted by Gasteiger charge is -2.35. The van der Waals surface area contributed by atoms with Crippen LogP contribution in [-0.2, 0) is 0 Å². The summed E-state index contributed by atoms with van der Waals surface area (Å²) in [6.45, 7) is 2.15. The molecule has 0 aliphatic carbocycles. The molecule has 1 aliphatic heterocycles. The van der Waals surface area contributed by atoms with Gasteiger partial charge in [-0.3, -0.25) is 19.9 Å². The molecule has 1 amide bonds. The molecule has 7 heteroatoms. The minimum atomic E-state index is -0.374. The molecule has 1 fully saturated rings. The number of rotatable bonds is 3. The summed E-state index contributed by atoms with van der Waals surface area (Å²) in [4.78, 5) is 30.9. The Hall–Kier alpha value is -2.96. The van der Waals surface area contributed by atoms with Crippen LogP contribution >= 0.6 is 0 Å². The van der Waals surface area contributed by atoms with Crippen LogP contribution in [0.15, 0.2) is 48.7 Å². The van der Waals surface area contributed by atoms with E-state index in [0.717, 1.165) is 0 Å². The van der Waals surface area contributed by atoms with Gasteiger partial charge in [0.1, 0.15) is 11.4 Å². The molecule has 0 bridgehead atoms. The number of benzene rings is 1. The molecule has 118 valence electrons. The Morgan fingerprint density at radius 3 is 2.39 bits per heavy atom. The van der Waals surface area contributed by atoms with Gasteiger partial charge in [0.05, 0.1) is 4.92 Å². The van der Waals surface area contributed by atoms with E-state index in [2.05, 4.69) is 4.98 Å². The summed E-state index contributed by atoms with van der Waals surface area (Å²) in [5, 5.41) is 11.1. The largest absolute Gasteiger partial charge is 0.362 e. The smallest absolute Gasteiger partial charge is 0.292 e. The van der Waals surface area contributed by atoms with Crippen molar-refractivity contribution in [3.8, 4) is 0 Å². The third-order valence-electron chi connectivity index (χ3n) is 3.87. The first kappa shape index (κ1) is 15.0. The van der Waals surface area contributed by atoms with E-state index in [1.807, 2.05) is 4.90 Å². The molecule has 0 spiro atoms. The molecular formula is C16H16N4O3. The monoisotopic (exact) mass is 312 g/mol. The number of carbonyl (C=O) groups is 1. The summed E-state index contributed by atoms with van der Waals surface area (Å²) >= 11 is 0. The van der Waals surface area contributed by atoms with Gasteiger partial charge in [-0.2, -0.15) is 0 Å². The molecule has 1 aromatic heterocycles. The predicted molar refractivity (Wildman–Crippen MR) is 85.4 cm³/mol. The third-order valence-corrected chi connectivity index (χ3v) is 3.87. The zero-order chi connectivity index (χ0) is 16.2. The van der Waals surface area contributed by atoms with Crippen LogP contribution in [0.4, 0.5) is 11.4 Å². The highest BCUT2D eigenvalue weighted by molar-refractivity contribution is 5.92. The molecule has 7 nitrogen and oxygen atoms in total. The Morgan fingerprint density at radius 1 is 1.04 bits per heavy atom. The number of nitrogens with zero attached hydrogens (tertiary/aromatic N) is 4. The van der Waals surface area contributed by atoms with Gasteiger partial charge in [-0.15, -0.1) is 0 Å². The maximum Gasteiger partial charge on any atom is 0.292 e. The fourth-order valence-corrected chi connectivity index (χ4v) is 2.69. The maximum atomic E-state index is 12.4. The normalized spacial score (nSPS) is 14.6. The first-order valence-electron chi connectivity index (χ1n) is 7.35. The topological polar surface area (TPSA) is 79.6 Å². The predicted octanol–water partition coefficient (Wildman–Crippen LogP) is 1.95. The van der Waals surface area contributed by atoms with Crippen LogP contribution in [0.25, 0.3) is 0 Å². The molecule has 23 heavy (non-hydrogen) atoms. The second kappa shape index (κ2) is 6.43. The SMILES string of the molecule is O=C(c1ccccn1)N1CCN(c2ccccc2[N+](=O)[O-])CC1. The molecule has 3 rings (SSSR count). The van der Waals surface area contributed by atoms with E-state index >= 15 is 0 Å². The van der Waals surface area contributed by atoms with E-state index in [1.165, 1.54) is 6.07 Å². The Bertz CT molecular complexity index is 712. The number of hydrogen-bond donors (Lipinski definition) is 0. The van der Waals surface area contributed by atoms with Crippen LogP contribution < -0.4 is 4.90 Å². The van der Waals surface area contributed by atoms with E-state index in [4.69, 9.17) is 0 Å². The molecule has 0 N–H and O–H groups in total. The van der Waals surface area contributed by atoms with E-state index < -0.39 is 0 Å². The van der Waals surface area contributed by atoms with E-state index in [9.17, 15) is 14.9 Å². The molecule has 0 radical (unpaired) electrons. The van der Waals surface area contributed by atoms with Crippen molar-refractivity contribution in [1.82, 2.24) is 9.88 Å². The zero-order valence-corrected chi connectivity index (χ0v) is 12.5. The van der Waals surface area contributed by atoms with Crippen LogP contribution in [0.5, 0.6) is 0 Å². The molecule has 1 aromatic carbocycles. The first-order chi connectivity index (χ1) is 11.2. The molecule has 2 heterocycles. The number of aromatic nitrogens is 1. The zero-order valence-electron chi connectivity index (χ0n) is 12.5. The van der Waals surface area contributed by atoms with Crippen molar-refractivity contribution >= 4 is 17.3 Å². The number of carbonyl (C=O) groups excluding carboxylic acids is 1. The highest BCUT2D eigenvalue weighted by Gasteiger charge is 2.26. The van der Waals surface area contributed by atoms with Gasteiger partial charge in [-0.1, -0.05) is 18.2 Å². The highest BCUT2D eigenvalue weighted by atomic mass is 16.6. The van der Waals surface area contributed by atoms with Crippen molar-refractivity contribution in [2.24, 2.45) is 0 Å². The van der Waals surface area contributed by atoms with Gasteiger partial charge in [-0.25, -0.2) is 0 Å². The Balaban J connectivity index is 1.70. The summed E-state index contributed by atoms with van der Waals surface area (Å²) in [6.07, 6.45) is 1.59. The van der Waals surface area contributed by atoms with Crippen molar-refractivity contribution in [3.63, 3.8) is 0 Å². The number of anilines is 1. The number of nitro benzene ring substituents is 1. The van der Waals surface area contributed by atoms with Crippen LogP contribution in [0, 0.1) is 10.1 Å². The lowest BCUT2D eigenvalue weighted by molar-refractivity contribution is -0.384. The minimum absolute atomic E-state index is 0.0944. The number of amides is 1. The van der Waals surface area contributed by atoms with Crippen molar-refractivity contribution in [1.29, 1.82) is 0 Å². The lowest BCUT2D eigenvalue weighted by Crippen LogP contribution is -2.49. The number of hydrogen-bond acceptors (Lipinski definition) is 5. The Morgan fingerprint density at radius 2 is 1.74 bits per heavy atom. The molecule has 1 aliphatic rings. The van der Waals surface area contributed by atoms with E-state index in [1.54, 1.807) is 47.5 Å². The molecule has 1 saturated heterocycles. The van der Waals surface area contributed by atoms with Crippen molar-refractivity contribution in [2.45, 2.75) is 0 Å². The minimum Gasteiger partial charge on any atom is -0.362 e. The molecular weight excluding hydrogens is 296 g/mol. The molecule has 0 saturated carbocycles. The van der Waals surface area contributed by atoms with Gasteiger partial charge < -0.3 is 9.80 Å². The summed E-state index contributed by atoms with van der Waals surface area (Å²) in [7, 11) is 0. The standard InChI is InChI=1S/C16H16N4O3/c21-16(13-5-3-4-8-17-13)19-11-9-18(10-12-19)14-6-1-2-7-15(14)20(22)23/h1-8H,9-12H2. The van der Waals surface area contributed by atoms with Crippen molar-refractivity contribution in [2.75, 3.05) is 31.1 Å². The van der Waals surface area contributed by atoms with Gasteiger partial charge in [0.2, 0.25) is 0 Å². The fourth-order valence-electron chi connectivity index (χ4n) is 2.69. The molecule has 0 unspecified atom stereocenters. The summed E-state index contributed by atoms with van der Waals surface area (Å²) in [6, 6.07) is 11.9. The molecule has 0 atom stereocenters. The van der Waals surface area contributed by atoms with Crippen LogP contribution in [0.1, 0.15) is 10.5 Å². The van der Waals surface area contributed by atoms with Gasteiger partial charge >= 0.3 is 0 Å². The van der Waals surface area contributed by atoms with Crippen LogP contribution in [0.3, 0.4) is 0 Å². The third kappa shape index (κ3) is 3.13. The summed E-state index contributed by atoms with van der Waals surface area (Å²) in [5.41, 5.74) is 1.12. The number of piperazine rings is 1. The van der Waals surface area contributed by atoms with Crippen molar-refractivity contribution < 1.29 is 9.72 Å². The second-order valence-corrected chi connectivity index (χ2v) is 5.24. The quantitative estimate of drug-likeness (QED) is 0.639. The highest BCUT2D eigenvalue weighted by Crippen LogP contribution is 2.28. The average Bonchev–Trinajstić information content (AvgIpc) is 2.62. The van der Waals surface area contributed by atoms with E-state index in [-0.39, 0.29) is 16.5 Å². The summed E-state index contributed by atoms with van der Waals surface area (Å²) < 4.78 is 0. The molecule has 2 aromatic rings.